The van der Waals surface area contributed by atoms with Gasteiger partial charge in [-0.25, -0.2) is 0 Å². The maximum Gasteiger partial charge on any atom is 0.119 e. The zero-order valence-corrected chi connectivity index (χ0v) is 14.1. The third-order valence-electron chi connectivity index (χ3n) is 3.68. The summed E-state index contributed by atoms with van der Waals surface area (Å²) in [6, 6.07) is 14.7. The van der Waals surface area contributed by atoms with E-state index in [4.69, 9.17) is 9.47 Å². The summed E-state index contributed by atoms with van der Waals surface area (Å²) in [7, 11) is 1.65. The van der Waals surface area contributed by atoms with E-state index in [1.807, 2.05) is 24.3 Å². The van der Waals surface area contributed by atoms with Crippen molar-refractivity contribution in [3.63, 3.8) is 0 Å². The van der Waals surface area contributed by atoms with Crippen LogP contribution >= 0.6 is 0 Å². The first kappa shape index (κ1) is 18.1. The van der Waals surface area contributed by atoms with E-state index < -0.39 is 6.10 Å². The van der Waals surface area contributed by atoms with Crippen molar-refractivity contribution >= 4 is 0 Å². The monoisotopic (exact) mass is 331 g/mol. The first-order valence-electron chi connectivity index (χ1n) is 8.03. The van der Waals surface area contributed by atoms with Gasteiger partial charge in [0, 0.05) is 12.6 Å². The molecule has 0 aliphatic heterocycles. The summed E-state index contributed by atoms with van der Waals surface area (Å²) in [4.78, 5) is 0. The van der Waals surface area contributed by atoms with Crippen molar-refractivity contribution in [2.24, 2.45) is 0 Å². The molecule has 130 valence electrons. The van der Waals surface area contributed by atoms with Crippen molar-refractivity contribution in [1.29, 1.82) is 0 Å². The summed E-state index contributed by atoms with van der Waals surface area (Å²) in [6.07, 6.45) is 0.271. The van der Waals surface area contributed by atoms with Gasteiger partial charge < -0.3 is 25.0 Å². The number of hydrogen-bond acceptors (Lipinski definition) is 5. The average Bonchev–Trinajstić information content (AvgIpc) is 2.60. The Hall–Kier alpha value is -2.24. The second-order valence-corrected chi connectivity index (χ2v) is 5.82. The van der Waals surface area contributed by atoms with Gasteiger partial charge in [0.2, 0.25) is 0 Å². The lowest BCUT2D eigenvalue weighted by Gasteiger charge is -2.18. The lowest BCUT2D eigenvalue weighted by Crippen LogP contribution is -2.37. The van der Waals surface area contributed by atoms with Gasteiger partial charge in [-0.3, -0.25) is 0 Å². The number of benzene rings is 2. The van der Waals surface area contributed by atoms with Gasteiger partial charge in [0.05, 0.1) is 7.11 Å². The number of hydrogen-bond donors (Lipinski definition) is 3. The molecule has 2 aromatic rings. The molecule has 0 spiro atoms. The Morgan fingerprint density at radius 3 is 2.25 bits per heavy atom. The summed E-state index contributed by atoms with van der Waals surface area (Å²) in [5, 5.41) is 22.5. The number of ether oxygens (including phenoxy) is 2. The number of phenolic OH excluding ortho intramolecular Hbond substituents is 1. The molecule has 0 saturated carbocycles. The van der Waals surface area contributed by atoms with Gasteiger partial charge in [-0.2, -0.15) is 0 Å². The van der Waals surface area contributed by atoms with Crippen LogP contribution in [0, 0.1) is 0 Å². The van der Waals surface area contributed by atoms with Crippen LogP contribution in [0.15, 0.2) is 48.5 Å². The molecule has 0 saturated heterocycles. The first-order chi connectivity index (χ1) is 11.6. The van der Waals surface area contributed by atoms with Gasteiger partial charge >= 0.3 is 0 Å². The molecule has 2 atom stereocenters. The molecule has 0 aliphatic carbocycles. The quantitative estimate of drug-likeness (QED) is 0.658. The van der Waals surface area contributed by atoms with Crippen LogP contribution in [-0.4, -0.2) is 42.6 Å². The lowest BCUT2D eigenvalue weighted by molar-refractivity contribution is 0.104. The molecule has 2 aromatic carbocycles. The molecule has 0 heterocycles. The van der Waals surface area contributed by atoms with Crippen molar-refractivity contribution in [2.75, 3.05) is 20.3 Å². The van der Waals surface area contributed by atoms with Gasteiger partial charge in [-0.1, -0.05) is 12.1 Å². The van der Waals surface area contributed by atoms with Gasteiger partial charge in [0.25, 0.3) is 0 Å². The predicted octanol–water partition coefficient (Wildman–Crippen LogP) is 2.36. The summed E-state index contributed by atoms with van der Waals surface area (Å²) < 4.78 is 10.6. The number of methoxy groups -OCH3 is 1. The molecule has 0 unspecified atom stereocenters. The van der Waals surface area contributed by atoms with E-state index >= 15 is 0 Å². The summed E-state index contributed by atoms with van der Waals surface area (Å²) in [6.45, 7) is 2.74. The lowest BCUT2D eigenvalue weighted by atomic mass is 10.1. The van der Waals surface area contributed by atoms with Gasteiger partial charge in [0.15, 0.2) is 0 Å². The highest BCUT2D eigenvalue weighted by Gasteiger charge is 2.09. The molecule has 0 fully saturated rings. The summed E-state index contributed by atoms with van der Waals surface area (Å²) in [5.41, 5.74) is 1.21. The standard InChI is InChI=1S/C19H25NO4/c1-14(11-15-3-7-18(23-2)8-4-15)20-12-17(22)13-24-19-9-5-16(21)6-10-19/h3-10,14,17,20-22H,11-13H2,1-2H3/t14-,17-/m0/s1. The van der Waals surface area contributed by atoms with E-state index in [0.29, 0.717) is 12.3 Å². The minimum Gasteiger partial charge on any atom is -0.508 e. The largest absolute Gasteiger partial charge is 0.508 e. The van der Waals surface area contributed by atoms with Crippen LogP contribution in [0.4, 0.5) is 0 Å². The molecule has 3 N–H and O–H groups in total. The van der Waals surface area contributed by atoms with E-state index in [-0.39, 0.29) is 18.4 Å². The van der Waals surface area contributed by atoms with E-state index in [9.17, 15) is 10.2 Å². The maximum absolute atomic E-state index is 9.99. The molecule has 5 heteroatoms. The Morgan fingerprint density at radius 2 is 1.62 bits per heavy atom. The Morgan fingerprint density at radius 1 is 1.00 bits per heavy atom. The highest BCUT2D eigenvalue weighted by Crippen LogP contribution is 2.16. The molecule has 24 heavy (non-hydrogen) atoms. The van der Waals surface area contributed by atoms with Crippen LogP contribution in [0.5, 0.6) is 17.2 Å². The average molecular weight is 331 g/mol. The Labute approximate surface area is 142 Å². The Bertz CT molecular complexity index is 598. The number of nitrogens with one attached hydrogen (secondary N) is 1. The normalized spacial score (nSPS) is 13.3. The van der Waals surface area contributed by atoms with Crippen LogP contribution < -0.4 is 14.8 Å². The van der Waals surface area contributed by atoms with Crippen LogP contribution in [0.3, 0.4) is 0 Å². The molecule has 0 amide bonds. The zero-order chi connectivity index (χ0) is 17.4. The fourth-order valence-electron chi connectivity index (χ4n) is 2.32. The van der Waals surface area contributed by atoms with E-state index in [1.54, 1.807) is 31.4 Å². The number of phenols is 1. The fourth-order valence-corrected chi connectivity index (χ4v) is 2.32. The maximum atomic E-state index is 9.99. The first-order valence-corrected chi connectivity index (χ1v) is 8.03. The SMILES string of the molecule is COc1ccc(C[C@H](C)NC[C@H](O)COc2ccc(O)cc2)cc1. The molecule has 2 rings (SSSR count). The number of aliphatic hydroxyl groups excluding tert-OH is 1. The molecule has 0 bridgehead atoms. The minimum absolute atomic E-state index is 0.192. The molecular formula is C19H25NO4. The molecule has 0 radical (unpaired) electrons. The van der Waals surface area contributed by atoms with Crippen molar-refractivity contribution < 1.29 is 19.7 Å². The molecular weight excluding hydrogens is 306 g/mol. The van der Waals surface area contributed by atoms with Crippen molar-refractivity contribution in [2.45, 2.75) is 25.5 Å². The molecule has 5 nitrogen and oxygen atoms in total. The van der Waals surface area contributed by atoms with Crippen LogP contribution in [0.2, 0.25) is 0 Å². The number of rotatable bonds is 9. The topological polar surface area (TPSA) is 71.0 Å². The van der Waals surface area contributed by atoms with Crippen LogP contribution in [-0.2, 0) is 6.42 Å². The minimum atomic E-state index is -0.600. The zero-order valence-electron chi connectivity index (χ0n) is 14.1. The molecule has 0 aliphatic rings. The third kappa shape index (κ3) is 6.10. The smallest absolute Gasteiger partial charge is 0.119 e. The molecule has 0 aromatic heterocycles. The van der Waals surface area contributed by atoms with Gasteiger partial charge in [-0.15, -0.1) is 0 Å². The predicted molar refractivity (Wildman–Crippen MR) is 93.8 cm³/mol. The van der Waals surface area contributed by atoms with Gasteiger partial charge in [0.1, 0.15) is 30.0 Å². The summed E-state index contributed by atoms with van der Waals surface area (Å²) in [5.74, 6) is 1.66. The van der Waals surface area contributed by atoms with Gasteiger partial charge in [-0.05, 0) is 55.3 Å². The summed E-state index contributed by atoms with van der Waals surface area (Å²) >= 11 is 0. The highest BCUT2D eigenvalue weighted by atomic mass is 16.5. The van der Waals surface area contributed by atoms with Crippen molar-refractivity contribution in [1.82, 2.24) is 5.32 Å². The van der Waals surface area contributed by atoms with Crippen LogP contribution in [0.1, 0.15) is 12.5 Å². The fraction of sp³-hybridized carbons (Fsp3) is 0.368. The van der Waals surface area contributed by atoms with Crippen molar-refractivity contribution in [3.8, 4) is 17.2 Å². The number of aromatic hydroxyl groups is 1. The van der Waals surface area contributed by atoms with E-state index in [0.717, 1.165) is 12.2 Å². The van der Waals surface area contributed by atoms with E-state index in [1.165, 1.54) is 5.56 Å². The Kier molecular flexibility index (Phi) is 6.90. The van der Waals surface area contributed by atoms with Crippen LogP contribution in [0.25, 0.3) is 0 Å². The van der Waals surface area contributed by atoms with E-state index in [2.05, 4.69) is 12.2 Å². The number of aliphatic hydroxyl groups is 1. The van der Waals surface area contributed by atoms with Crippen molar-refractivity contribution in [3.05, 3.63) is 54.1 Å². The second-order valence-electron chi connectivity index (χ2n) is 5.82. The highest BCUT2D eigenvalue weighted by molar-refractivity contribution is 5.30. The second kappa shape index (κ2) is 9.15. The third-order valence-corrected chi connectivity index (χ3v) is 3.68. The Balaban J connectivity index is 1.68.